The van der Waals surface area contributed by atoms with Gasteiger partial charge < -0.3 is 20.7 Å². The Hall–Kier alpha value is -1.06. The zero-order chi connectivity index (χ0) is 18.1. The predicted molar refractivity (Wildman–Crippen MR) is 120 cm³/mol. The molecule has 1 heterocycles. The van der Waals surface area contributed by atoms with Crippen molar-refractivity contribution in [1.82, 2.24) is 15.1 Å². The number of hydrogen-bond acceptors (Lipinski definition) is 4. The van der Waals surface area contributed by atoms with Crippen LogP contribution in [0.25, 0.3) is 0 Å². The van der Waals surface area contributed by atoms with Gasteiger partial charge in [0.1, 0.15) is 12.4 Å². The molecule has 1 aromatic rings. The minimum absolute atomic E-state index is 0. The van der Waals surface area contributed by atoms with E-state index in [2.05, 4.69) is 27.0 Å². The highest BCUT2D eigenvalue weighted by Gasteiger charge is 2.22. The molecule has 1 unspecified atom stereocenters. The minimum atomic E-state index is 0. The van der Waals surface area contributed by atoms with Crippen LogP contribution in [0.15, 0.2) is 29.3 Å². The SMILES string of the molecule is CCN1CCCC1CNC(N)=NCc1cccc(OCCN(C)C)c1.I. The Balaban J connectivity index is 0.00000338. The Bertz CT molecular complexity index is 552. The maximum absolute atomic E-state index is 6.02. The Labute approximate surface area is 175 Å². The van der Waals surface area contributed by atoms with Gasteiger partial charge in [0.05, 0.1) is 6.54 Å². The average Bonchev–Trinajstić information content (AvgIpc) is 3.06. The molecule has 0 amide bonds. The zero-order valence-corrected chi connectivity index (χ0v) is 18.6. The molecule has 0 bridgehead atoms. The number of likely N-dealkylation sites (N-methyl/N-ethyl adjacent to an activating group) is 2. The molecule has 7 heteroatoms. The molecule has 1 aromatic carbocycles. The molecule has 0 aromatic heterocycles. The molecule has 0 saturated carbocycles. The van der Waals surface area contributed by atoms with Crippen molar-refractivity contribution in [1.29, 1.82) is 0 Å². The third-order valence-corrected chi connectivity index (χ3v) is 4.56. The summed E-state index contributed by atoms with van der Waals surface area (Å²) in [7, 11) is 4.07. The van der Waals surface area contributed by atoms with Gasteiger partial charge in [-0.15, -0.1) is 24.0 Å². The molecule has 0 spiro atoms. The maximum atomic E-state index is 6.02. The summed E-state index contributed by atoms with van der Waals surface area (Å²) in [5.41, 5.74) is 7.12. The average molecular weight is 475 g/mol. The highest BCUT2D eigenvalue weighted by Crippen LogP contribution is 2.16. The van der Waals surface area contributed by atoms with Crippen LogP contribution < -0.4 is 15.8 Å². The van der Waals surface area contributed by atoms with E-state index in [1.54, 1.807) is 0 Å². The lowest BCUT2D eigenvalue weighted by atomic mass is 10.2. The van der Waals surface area contributed by atoms with Crippen molar-refractivity contribution in [3.8, 4) is 5.75 Å². The zero-order valence-electron chi connectivity index (χ0n) is 16.3. The fourth-order valence-corrected chi connectivity index (χ4v) is 3.08. The Morgan fingerprint density at radius 2 is 2.23 bits per heavy atom. The van der Waals surface area contributed by atoms with Crippen LogP contribution in [0, 0.1) is 0 Å². The van der Waals surface area contributed by atoms with Gasteiger partial charge in [-0.3, -0.25) is 4.90 Å². The van der Waals surface area contributed by atoms with Crippen LogP contribution in [-0.4, -0.2) is 68.7 Å². The molecule has 148 valence electrons. The number of hydrogen-bond donors (Lipinski definition) is 2. The van der Waals surface area contributed by atoms with E-state index < -0.39 is 0 Å². The van der Waals surface area contributed by atoms with Crippen LogP contribution >= 0.6 is 24.0 Å². The molecule has 0 radical (unpaired) electrons. The van der Waals surface area contributed by atoms with E-state index >= 15 is 0 Å². The van der Waals surface area contributed by atoms with Gasteiger partial charge in [-0.1, -0.05) is 19.1 Å². The second-order valence-corrected chi connectivity index (χ2v) is 6.81. The molecule has 3 N–H and O–H groups in total. The number of benzene rings is 1. The van der Waals surface area contributed by atoms with E-state index in [4.69, 9.17) is 10.5 Å². The second kappa shape index (κ2) is 12.3. The van der Waals surface area contributed by atoms with Crippen molar-refractivity contribution in [2.24, 2.45) is 10.7 Å². The number of aliphatic imine (C=N–C) groups is 1. The second-order valence-electron chi connectivity index (χ2n) is 6.81. The van der Waals surface area contributed by atoms with Gasteiger partial charge in [0.2, 0.25) is 0 Å². The van der Waals surface area contributed by atoms with Crippen molar-refractivity contribution in [2.75, 3.05) is 46.9 Å². The molecule has 1 saturated heterocycles. The minimum Gasteiger partial charge on any atom is -0.492 e. The van der Waals surface area contributed by atoms with Crippen molar-refractivity contribution in [2.45, 2.75) is 32.4 Å². The van der Waals surface area contributed by atoms with Crippen molar-refractivity contribution < 1.29 is 4.74 Å². The number of nitrogens with zero attached hydrogens (tertiary/aromatic N) is 3. The quantitative estimate of drug-likeness (QED) is 0.326. The summed E-state index contributed by atoms with van der Waals surface area (Å²) >= 11 is 0. The summed E-state index contributed by atoms with van der Waals surface area (Å²) < 4.78 is 5.76. The first-order valence-corrected chi connectivity index (χ1v) is 9.22. The first-order chi connectivity index (χ1) is 12.1. The normalized spacial score (nSPS) is 18.0. The van der Waals surface area contributed by atoms with Crippen molar-refractivity contribution in [3.05, 3.63) is 29.8 Å². The van der Waals surface area contributed by atoms with E-state index in [0.717, 1.165) is 30.9 Å². The Kier molecular flexibility index (Phi) is 10.9. The standard InChI is InChI=1S/C19H33N5O.HI/c1-4-24-10-6-8-17(24)15-22-19(20)21-14-16-7-5-9-18(13-16)25-12-11-23(2)3;/h5,7,9,13,17H,4,6,8,10-12,14-15H2,1-3H3,(H3,20,21,22);1H. The summed E-state index contributed by atoms with van der Waals surface area (Å²) in [5, 5.41) is 3.27. The predicted octanol–water partition coefficient (Wildman–Crippen LogP) is 2.13. The van der Waals surface area contributed by atoms with Crippen LogP contribution in [0.4, 0.5) is 0 Å². The number of halogens is 1. The molecule has 2 rings (SSSR count). The van der Waals surface area contributed by atoms with Crippen molar-refractivity contribution >= 4 is 29.9 Å². The van der Waals surface area contributed by atoms with E-state index in [9.17, 15) is 0 Å². The fourth-order valence-electron chi connectivity index (χ4n) is 3.08. The number of rotatable bonds is 9. The van der Waals surface area contributed by atoms with E-state index in [-0.39, 0.29) is 24.0 Å². The van der Waals surface area contributed by atoms with E-state index in [1.807, 2.05) is 38.4 Å². The number of ether oxygens (including phenoxy) is 1. The summed E-state index contributed by atoms with van der Waals surface area (Å²) in [5.74, 6) is 1.40. The van der Waals surface area contributed by atoms with E-state index in [1.165, 1.54) is 19.4 Å². The molecular formula is C19H34IN5O. The Morgan fingerprint density at radius 3 is 2.96 bits per heavy atom. The Morgan fingerprint density at radius 1 is 1.42 bits per heavy atom. The highest BCUT2D eigenvalue weighted by molar-refractivity contribution is 14.0. The summed E-state index contributed by atoms with van der Waals surface area (Å²) in [6, 6.07) is 8.63. The summed E-state index contributed by atoms with van der Waals surface area (Å²) in [6.07, 6.45) is 2.51. The van der Waals surface area contributed by atoms with Crippen LogP contribution in [-0.2, 0) is 6.54 Å². The lowest BCUT2D eigenvalue weighted by Gasteiger charge is -2.23. The van der Waals surface area contributed by atoms with Gasteiger partial charge in [-0.25, -0.2) is 4.99 Å². The van der Waals surface area contributed by atoms with Gasteiger partial charge in [-0.2, -0.15) is 0 Å². The fraction of sp³-hybridized carbons (Fsp3) is 0.632. The van der Waals surface area contributed by atoms with Gasteiger partial charge in [0.15, 0.2) is 5.96 Å². The molecular weight excluding hydrogens is 441 g/mol. The highest BCUT2D eigenvalue weighted by atomic mass is 127. The lowest BCUT2D eigenvalue weighted by molar-refractivity contribution is 0.261. The largest absolute Gasteiger partial charge is 0.492 e. The topological polar surface area (TPSA) is 66.1 Å². The van der Waals surface area contributed by atoms with Crippen LogP contribution in [0.3, 0.4) is 0 Å². The summed E-state index contributed by atoms with van der Waals surface area (Å²) in [6.45, 7) is 7.52. The van der Waals surface area contributed by atoms with Gasteiger partial charge in [0, 0.05) is 19.1 Å². The molecule has 1 aliphatic rings. The molecule has 26 heavy (non-hydrogen) atoms. The summed E-state index contributed by atoms with van der Waals surface area (Å²) in [4.78, 5) is 9.05. The monoisotopic (exact) mass is 475 g/mol. The number of likely N-dealkylation sites (tertiary alicyclic amines) is 1. The molecule has 6 nitrogen and oxygen atoms in total. The molecule has 1 fully saturated rings. The molecule has 1 atom stereocenters. The first-order valence-electron chi connectivity index (χ1n) is 9.22. The first kappa shape index (κ1) is 23.0. The number of nitrogens with two attached hydrogens (primary N) is 1. The van der Waals surface area contributed by atoms with Crippen LogP contribution in [0.2, 0.25) is 0 Å². The van der Waals surface area contributed by atoms with Gasteiger partial charge in [0.25, 0.3) is 0 Å². The third-order valence-electron chi connectivity index (χ3n) is 4.56. The molecule has 1 aliphatic heterocycles. The number of guanidine groups is 1. The third kappa shape index (κ3) is 8.09. The van der Waals surface area contributed by atoms with Gasteiger partial charge in [-0.05, 0) is 57.7 Å². The maximum Gasteiger partial charge on any atom is 0.188 e. The smallest absolute Gasteiger partial charge is 0.188 e. The van der Waals surface area contributed by atoms with Gasteiger partial charge >= 0.3 is 0 Å². The van der Waals surface area contributed by atoms with Crippen LogP contribution in [0.1, 0.15) is 25.3 Å². The molecule has 0 aliphatic carbocycles. The number of nitrogens with one attached hydrogen (secondary N) is 1. The lowest BCUT2D eigenvalue weighted by Crippen LogP contribution is -2.42. The van der Waals surface area contributed by atoms with Crippen molar-refractivity contribution in [3.63, 3.8) is 0 Å². The van der Waals surface area contributed by atoms with Crippen LogP contribution in [0.5, 0.6) is 5.75 Å². The van der Waals surface area contributed by atoms with E-state index in [0.29, 0.717) is 25.2 Å².